The first kappa shape index (κ1) is 16.3. The Kier molecular flexibility index (Phi) is 6.87. The highest BCUT2D eigenvalue weighted by Gasteiger charge is 2.13. The lowest BCUT2D eigenvalue weighted by Gasteiger charge is -2.21. The summed E-state index contributed by atoms with van der Waals surface area (Å²) in [6.07, 6.45) is 0. The average molecular weight is 281 g/mol. The molecule has 5 nitrogen and oxygen atoms in total. The summed E-state index contributed by atoms with van der Waals surface area (Å²) in [5, 5.41) is 0. The number of rotatable bonds is 8. The Morgan fingerprint density at radius 1 is 1.20 bits per heavy atom. The molecular formula is C15H23NO4. The molecule has 112 valence electrons. The zero-order chi connectivity index (χ0) is 15.0. The second kappa shape index (κ2) is 8.43. The van der Waals surface area contributed by atoms with Crippen LogP contribution in [-0.2, 0) is 16.1 Å². The Morgan fingerprint density at radius 3 is 2.50 bits per heavy atom. The van der Waals surface area contributed by atoms with E-state index >= 15 is 0 Å². The number of likely N-dealkylation sites (N-methyl/N-ethyl adjacent to an activating group) is 1. The standard InChI is InChI=1S/C15H23NO4/c1-5-16(11-15(17)20-6-2)10-12-9-13(18-3)7-8-14(12)19-4/h7-9H,5-6,10-11H2,1-4H3. The van der Waals surface area contributed by atoms with Crippen LogP contribution in [0.5, 0.6) is 11.5 Å². The maximum atomic E-state index is 11.6. The van der Waals surface area contributed by atoms with E-state index in [0.29, 0.717) is 13.2 Å². The lowest BCUT2D eigenvalue weighted by molar-refractivity contribution is -0.144. The van der Waals surface area contributed by atoms with Crippen LogP contribution in [0.1, 0.15) is 19.4 Å². The zero-order valence-electron chi connectivity index (χ0n) is 12.6. The molecule has 0 spiro atoms. The number of hydrogen-bond acceptors (Lipinski definition) is 5. The first-order valence-corrected chi connectivity index (χ1v) is 6.73. The SMILES string of the molecule is CCOC(=O)CN(CC)Cc1cc(OC)ccc1OC. The van der Waals surface area contributed by atoms with Crippen LogP contribution in [0, 0.1) is 0 Å². The van der Waals surface area contributed by atoms with Gasteiger partial charge in [-0.2, -0.15) is 0 Å². The van der Waals surface area contributed by atoms with Crippen molar-refractivity contribution in [2.75, 3.05) is 33.9 Å². The predicted molar refractivity (Wildman–Crippen MR) is 77.1 cm³/mol. The van der Waals surface area contributed by atoms with Crippen LogP contribution in [0.3, 0.4) is 0 Å². The van der Waals surface area contributed by atoms with Gasteiger partial charge in [0.15, 0.2) is 0 Å². The van der Waals surface area contributed by atoms with E-state index in [1.807, 2.05) is 30.0 Å². The van der Waals surface area contributed by atoms with Gasteiger partial charge in [-0.1, -0.05) is 6.92 Å². The average Bonchev–Trinajstić information content (AvgIpc) is 2.46. The predicted octanol–water partition coefficient (Wildman–Crippen LogP) is 2.09. The summed E-state index contributed by atoms with van der Waals surface area (Å²) in [7, 11) is 3.26. The minimum atomic E-state index is -0.212. The molecule has 0 fully saturated rings. The lowest BCUT2D eigenvalue weighted by Crippen LogP contribution is -2.30. The van der Waals surface area contributed by atoms with Crippen LogP contribution in [0.15, 0.2) is 18.2 Å². The van der Waals surface area contributed by atoms with Crippen molar-refractivity contribution >= 4 is 5.97 Å². The molecule has 1 aromatic rings. The fraction of sp³-hybridized carbons (Fsp3) is 0.533. The van der Waals surface area contributed by atoms with Crippen molar-refractivity contribution in [2.45, 2.75) is 20.4 Å². The van der Waals surface area contributed by atoms with Gasteiger partial charge in [-0.15, -0.1) is 0 Å². The molecule has 0 atom stereocenters. The molecular weight excluding hydrogens is 258 g/mol. The molecule has 0 bridgehead atoms. The van der Waals surface area contributed by atoms with Crippen molar-refractivity contribution in [3.05, 3.63) is 23.8 Å². The highest BCUT2D eigenvalue weighted by Crippen LogP contribution is 2.25. The molecule has 0 aliphatic rings. The Bertz CT molecular complexity index is 434. The van der Waals surface area contributed by atoms with E-state index in [1.165, 1.54) is 0 Å². The summed E-state index contributed by atoms with van der Waals surface area (Å²) >= 11 is 0. The van der Waals surface area contributed by atoms with E-state index in [2.05, 4.69) is 0 Å². The minimum absolute atomic E-state index is 0.212. The molecule has 0 heterocycles. The van der Waals surface area contributed by atoms with Crippen molar-refractivity contribution < 1.29 is 19.0 Å². The van der Waals surface area contributed by atoms with Gasteiger partial charge in [0.25, 0.3) is 0 Å². The topological polar surface area (TPSA) is 48.0 Å². The first-order valence-electron chi connectivity index (χ1n) is 6.73. The summed E-state index contributed by atoms with van der Waals surface area (Å²) in [5.74, 6) is 1.34. The second-order valence-corrected chi connectivity index (χ2v) is 4.29. The zero-order valence-corrected chi connectivity index (χ0v) is 12.6. The van der Waals surface area contributed by atoms with Gasteiger partial charge < -0.3 is 14.2 Å². The number of nitrogens with zero attached hydrogens (tertiary/aromatic N) is 1. The summed E-state index contributed by atoms with van der Waals surface area (Å²) in [5.41, 5.74) is 0.984. The van der Waals surface area contributed by atoms with Gasteiger partial charge in [0, 0.05) is 12.1 Å². The fourth-order valence-corrected chi connectivity index (χ4v) is 1.92. The van der Waals surface area contributed by atoms with Crippen LogP contribution < -0.4 is 9.47 Å². The van der Waals surface area contributed by atoms with E-state index in [9.17, 15) is 4.79 Å². The molecule has 0 unspecified atom stereocenters. The van der Waals surface area contributed by atoms with Crippen molar-refractivity contribution in [1.82, 2.24) is 4.90 Å². The molecule has 0 aliphatic carbocycles. The van der Waals surface area contributed by atoms with Gasteiger partial charge in [-0.05, 0) is 31.7 Å². The van der Waals surface area contributed by atoms with Gasteiger partial charge in [-0.3, -0.25) is 9.69 Å². The molecule has 1 aromatic carbocycles. The highest BCUT2D eigenvalue weighted by atomic mass is 16.5. The Labute approximate surface area is 120 Å². The smallest absolute Gasteiger partial charge is 0.320 e. The van der Waals surface area contributed by atoms with Crippen LogP contribution in [0.4, 0.5) is 0 Å². The molecule has 5 heteroatoms. The number of methoxy groups -OCH3 is 2. The Hall–Kier alpha value is -1.75. The van der Waals surface area contributed by atoms with Gasteiger partial charge in [0.2, 0.25) is 0 Å². The van der Waals surface area contributed by atoms with Gasteiger partial charge in [0.1, 0.15) is 11.5 Å². The Balaban J connectivity index is 2.80. The highest BCUT2D eigenvalue weighted by molar-refractivity contribution is 5.71. The second-order valence-electron chi connectivity index (χ2n) is 4.29. The number of benzene rings is 1. The van der Waals surface area contributed by atoms with E-state index in [-0.39, 0.29) is 12.5 Å². The van der Waals surface area contributed by atoms with E-state index in [0.717, 1.165) is 23.6 Å². The first-order chi connectivity index (χ1) is 9.64. The van der Waals surface area contributed by atoms with Crippen molar-refractivity contribution in [3.63, 3.8) is 0 Å². The third-order valence-corrected chi connectivity index (χ3v) is 2.99. The largest absolute Gasteiger partial charge is 0.497 e. The maximum absolute atomic E-state index is 11.6. The summed E-state index contributed by atoms with van der Waals surface area (Å²) in [6, 6.07) is 5.64. The van der Waals surface area contributed by atoms with Gasteiger partial charge in [0.05, 0.1) is 27.4 Å². The van der Waals surface area contributed by atoms with Crippen LogP contribution >= 0.6 is 0 Å². The normalized spacial score (nSPS) is 10.4. The molecule has 0 saturated heterocycles. The maximum Gasteiger partial charge on any atom is 0.320 e. The number of hydrogen-bond donors (Lipinski definition) is 0. The molecule has 0 N–H and O–H groups in total. The summed E-state index contributed by atoms with van der Waals surface area (Å²) in [4.78, 5) is 13.6. The van der Waals surface area contributed by atoms with E-state index in [4.69, 9.17) is 14.2 Å². The molecule has 20 heavy (non-hydrogen) atoms. The molecule has 0 saturated carbocycles. The fourth-order valence-electron chi connectivity index (χ4n) is 1.92. The van der Waals surface area contributed by atoms with Crippen molar-refractivity contribution in [1.29, 1.82) is 0 Å². The van der Waals surface area contributed by atoms with Crippen LogP contribution in [0.25, 0.3) is 0 Å². The molecule has 0 amide bonds. The summed E-state index contributed by atoms with van der Waals surface area (Å²) in [6.45, 7) is 5.84. The van der Waals surface area contributed by atoms with Gasteiger partial charge >= 0.3 is 5.97 Å². The monoisotopic (exact) mass is 281 g/mol. The number of carbonyl (C=O) groups is 1. The minimum Gasteiger partial charge on any atom is -0.497 e. The lowest BCUT2D eigenvalue weighted by atomic mass is 10.1. The molecule has 0 radical (unpaired) electrons. The number of esters is 1. The number of ether oxygens (including phenoxy) is 3. The van der Waals surface area contributed by atoms with Crippen LogP contribution in [0.2, 0.25) is 0 Å². The third-order valence-electron chi connectivity index (χ3n) is 2.99. The van der Waals surface area contributed by atoms with E-state index < -0.39 is 0 Å². The molecule has 1 rings (SSSR count). The summed E-state index contributed by atoms with van der Waals surface area (Å²) < 4.78 is 15.5. The molecule has 0 aliphatic heterocycles. The van der Waals surface area contributed by atoms with Crippen molar-refractivity contribution in [3.8, 4) is 11.5 Å². The molecule has 0 aromatic heterocycles. The quantitative estimate of drug-likeness (QED) is 0.683. The Morgan fingerprint density at radius 2 is 1.95 bits per heavy atom. The number of carbonyl (C=O) groups excluding carboxylic acids is 1. The van der Waals surface area contributed by atoms with Crippen molar-refractivity contribution in [2.24, 2.45) is 0 Å². The van der Waals surface area contributed by atoms with Crippen LogP contribution in [-0.4, -0.2) is 44.8 Å². The third kappa shape index (κ3) is 4.74. The van der Waals surface area contributed by atoms with E-state index in [1.54, 1.807) is 21.1 Å². The van der Waals surface area contributed by atoms with Gasteiger partial charge in [-0.25, -0.2) is 0 Å².